The lowest BCUT2D eigenvalue weighted by molar-refractivity contribution is 0.393. The Morgan fingerprint density at radius 1 is 1.43 bits per heavy atom. The van der Waals surface area contributed by atoms with Crippen LogP contribution in [0, 0.1) is 5.41 Å². The number of rotatable bonds is 2. The van der Waals surface area contributed by atoms with Crippen LogP contribution in [0.5, 0.6) is 5.88 Å². The first-order valence-electron chi connectivity index (χ1n) is 4.61. The second kappa shape index (κ2) is 4.18. The molecule has 1 heterocycles. The van der Waals surface area contributed by atoms with Crippen molar-refractivity contribution >= 4 is 11.6 Å². The highest BCUT2D eigenvalue weighted by molar-refractivity contribution is 6.31. The third-order valence-electron chi connectivity index (χ3n) is 1.79. The van der Waals surface area contributed by atoms with Gasteiger partial charge in [0.25, 0.3) is 0 Å². The van der Waals surface area contributed by atoms with Gasteiger partial charge in [0.1, 0.15) is 5.02 Å². The maximum Gasteiger partial charge on any atom is 0.232 e. The van der Waals surface area contributed by atoms with Gasteiger partial charge in [0.15, 0.2) is 0 Å². The zero-order chi connectivity index (χ0) is 10.8. The summed E-state index contributed by atoms with van der Waals surface area (Å²) in [5.41, 5.74) is 1.39. The quantitative estimate of drug-likeness (QED) is 0.752. The van der Waals surface area contributed by atoms with Gasteiger partial charge >= 0.3 is 0 Å². The van der Waals surface area contributed by atoms with Gasteiger partial charge in [0.05, 0.1) is 7.11 Å². The Morgan fingerprint density at radius 2 is 2.07 bits per heavy atom. The van der Waals surface area contributed by atoms with Crippen LogP contribution in [0.25, 0.3) is 0 Å². The molecule has 0 saturated carbocycles. The van der Waals surface area contributed by atoms with E-state index in [4.69, 9.17) is 16.3 Å². The van der Waals surface area contributed by atoms with Crippen molar-refractivity contribution in [3.63, 3.8) is 0 Å². The van der Waals surface area contributed by atoms with E-state index in [0.717, 1.165) is 12.0 Å². The molecule has 0 saturated heterocycles. The van der Waals surface area contributed by atoms with Crippen molar-refractivity contribution in [2.24, 2.45) is 5.41 Å². The Kier molecular flexibility index (Phi) is 3.38. The summed E-state index contributed by atoms with van der Waals surface area (Å²) in [5.74, 6) is 0.490. The molecule has 1 rings (SSSR count). The van der Waals surface area contributed by atoms with Crippen molar-refractivity contribution in [3.8, 4) is 5.88 Å². The molecule has 14 heavy (non-hydrogen) atoms. The molecule has 0 atom stereocenters. The molecule has 78 valence electrons. The van der Waals surface area contributed by atoms with Gasteiger partial charge in [0.2, 0.25) is 5.88 Å². The van der Waals surface area contributed by atoms with Crippen molar-refractivity contribution in [3.05, 3.63) is 22.8 Å². The zero-order valence-electron chi connectivity index (χ0n) is 9.10. The van der Waals surface area contributed by atoms with E-state index in [1.165, 1.54) is 0 Å². The summed E-state index contributed by atoms with van der Waals surface area (Å²) >= 11 is 5.97. The molecule has 0 aliphatic heterocycles. The summed E-state index contributed by atoms with van der Waals surface area (Å²) in [6.07, 6.45) is 2.78. The first-order valence-corrected chi connectivity index (χ1v) is 4.98. The molecule has 0 bridgehead atoms. The average Bonchev–Trinajstić information content (AvgIpc) is 2.01. The van der Waals surface area contributed by atoms with Crippen molar-refractivity contribution < 1.29 is 4.74 Å². The predicted molar refractivity (Wildman–Crippen MR) is 59.0 cm³/mol. The van der Waals surface area contributed by atoms with Crippen LogP contribution in [0.15, 0.2) is 12.3 Å². The monoisotopic (exact) mass is 213 g/mol. The SMILES string of the molecule is COc1ncc(CC(C)(C)C)cc1Cl. The van der Waals surface area contributed by atoms with Gasteiger partial charge < -0.3 is 4.74 Å². The fourth-order valence-electron chi connectivity index (χ4n) is 1.32. The van der Waals surface area contributed by atoms with E-state index in [-0.39, 0.29) is 5.41 Å². The molecule has 0 radical (unpaired) electrons. The van der Waals surface area contributed by atoms with E-state index in [1.54, 1.807) is 7.11 Å². The summed E-state index contributed by atoms with van der Waals surface area (Å²) in [6.45, 7) is 6.56. The molecule has 0 unspecified atom stereocenters. The maximum absolute atomic E-state index is 5.97. The van der Waals surface area contributed by atoms with Gasteiger partial charge in [-0.1, -0.05) is 32.4 Å². The van der Waals surface area contributed by atoms with Crippen molar-refractivity contribution in [2.75, 3.05) is 7.11 Å². The molecule has 1 aromatic heterocycles. The van der Waals surface area contributed by atoms with Gasteiger partial charge in [-0.2, -0.15) is 0 Å². The second-order valence-electron chi connectivity index (χ2n) is 4.57. The van der Waals surface area contributed by atoms with Crippen LogP contribution < -0.4 is 4.74 Å². The topological polar surface area (TPSA) is 22.1 Å². The highest BCUT2D eigenvalue weighted by Crippen LogP contribution is 2.26. The van der Waals surface area contributed by atoms with Crippen LogP contribution in [-0.2, 0) is 6.42 Å². The summed E-state index contributed by atoms with van der Waals surface area (Å²) < 4.78 is 4.99. The van der Waals surface area contributed by atoms with Gasteiger partial charge in [0, 0.05) is 6.20 Å². The number of halogens is 1. The molecular weight excluding hydrogens is 198 g/mol. The molecule has 0 aliphatic rings. The molecule has 0 fully saturated rings. The van der Waals surface area contributed by atoms with Crippen LogP contribution in [0.4, 0.5) is 0 Å². The molecule has 1 aromatic rings. The fraction of sp³-hybridized carbons (Fsp3) is 0.545. The highest BCUT2D eigenvalue weighted by Gasteiger charge is 2.12. The lowest BCUT2D eigenvalue weighted by atomic mass is 9.89. The molecule has 0 aromatic carbocycles. The number of pyridine rings is 1. The van der Waals surface area contributed by atoms with Crippen molar-refractivity contribution in [1.82, 2.24) is 4.98 Å². The molecule has 0 aliphatic carbocycles. The Bertz CT molecular complexity index is 318. The van der Waals surface area contributed by atoms with E-state index < -0.39 is 0 Å². The van der Waals surface area contributed by atoms with Crippen LogP contribution in [0.3, 0.4) is 0 Å². The molecule has 0 amide bonds. The minimum Gasteiger partial charge on any atom is -0.480 e. The van der Waals surface area contributed by atoms with Crippen LogP contribution in [0.1, 0.15) is 26.3 Å². The Morgan fingerprint density at radius 3 is 2.50 bits per heavy atom. The first kappa shape index (κ1) is 11.3. The number of ether oxygens (including phenoxy) is 1. The minimum absolute atomic E-state index is 0.250. The van der Waals surface area contributed by atoms with Crippen molar-refractivity contribution in [2.45, 2.75) is 27.2 Å². The van der Waals surface area contributed by atoms with Crippen LogP contribution >= 0.6 is 11.6 Å². The summed E-state index contributed by atoms with van der Waals surface area (Å²) in [6, 6.07) is 1.92. The number of aromatic nitrogens is 1. The highest BCUT2D eigenvalue weighted by atomic mass is 35.5. The van der Waals surface area contributed by atoms with E-state index in [1.807, 2.05) is 12.3 Å². The largest absolute Gasteiger partial charge is 0.480 e. The van der Waals surface area contributed by atoms with Gasteiger partial charge in [-0.3, -0.25) is 0 Å². The Labute approximate surface area is 90.3 Å². The lowest BCUT2D eigenvalue weighted by Crippen LogP contribution is -2.09. The number of nitrogens with zero attached hydrogens (tertiary/aromatic N) is 1. The fourth-order valence-corrected chi connectivity index (χ4v) is 1.59. The number of methoxy groups -OCH3 is 1. The van der Waals surface area contributed by atoms with Gasteiger partial charge in [-0.15, -0.1) is 0 Å². The third-order valence-corrected chi connectivity index (χ3v) is 2.06. The third kappa shape index (κ3) is 3.18. The predicted octanol–water partition coefficient (Wildman–Crippen LogP) is 3.33. The number of hydrogen-bond donors (Lipinski definition) is 0. The van der Waals surface area contributed by atoms with Gasteiger partial charge in [-0.25, -0.2) is 4.98 Å². The van der Waals surface area contributed by atoms with Crippen molar-refractivity contribution in [1.29, 1.82) is 0 Å². The normalized spacial score (nSPS) is 11.5. The number of hydrogen-bond acceptors (Lipinski definition) is 2. The van der Waals surface area contributed by atoms with E-state index in [2.05, 4.69) is 25.8 Å². The maximum atomic E-state index is 5.97. The second-order valence-corrected chi connectivity index (χ2v) is 4.98. The lowest BCUT2D eigenvalue weighted by Gasteiger charge is -2.18. The Hall–Kier alpha value is -0.760. The zero-order valence-corrected chi connectivity index (χ0v) is 9.85. The molecule has 0 N–H and O–H groups in total. The van der Waals surface area contributed by atoms with E-state index >= 15 is 0 Å². The first-order chi connectivity index (χ1) is 6.42. The molecule has 0 spiro atoms. The summed E-state index contributed by atoms with van der Waals surface area (Å²) in [7, 11) is 1.57. The summed E-state index contributed by atoms with van der Waals surface area (Å²) in [4.78, 5) is 4.13. The van der Waals surface area contributed by atoms with E-state index in [9.17, 15) is 0 Å². The van der Waals surface area contributed by atoms with Crippen LogP contribution in [-0.4, -0.2) is 12.1 Å². The Balaban J connectivity index is 2.87. The van der Waals surface area contributed by atoms with Crippen LogP contribution in [0.2, 0.25) is 5.02 Å². The summed E-state index contributed by atoms with van der Waals surface area (Å²) in [5, 5.41) is 0.578. The van der Waals surface area contributed by atoms with E-state index in [0.29, 0.717) is 10.9 Å². The minimum atomic E-state index is 0.250. The smallest absolute Gasteiger partial charge is 0.232 e. The molecule has 3 heteroatoms. The molecular formula is C11H16ClNO. The van der Waals surface area contributed by atoms with Gasteiger partial charge in [-0.05, 0) is 23.5 Å². The molecule has 2 nitrogen and oxygen atoms in total. The average molecular weight is 214 g/mol. The standard InChI is InChI=1S/C11H16ClNO/c1-11(2,3)6-8-5-9(12)10(14-4)13-7-8/h5,7H,6H2,1-4H3.